The van der Waals surface area contributed by atoms with Gasteiger partial charge >= 0.3 is 5.97 Å². The van der Waals surface area contributed by atoms with Crippen molar-refractivity contribution in [2.24, 2.45) is 13.0 Å². The monoisotopic (exact) mass is 664 g/mol. The zero-order valence-corrected chi connectivity index (χ0v) is 27.9. The Balaban J connectivity index is 1.11. The summed E-state index contributed by atoms with van der Waals surface area (Å²) in [7, 11) is 3.94. The number of imidazole rings is 1. The zero-order chi connectivity index (χ0) is 33.5. The number of rotatable bonds is 8. The average molecular weight is 665 g/mol. The molecule has 48 heavy (non-hydrogen) atoms. The van der Waals surface area contributed by atoms with E-state index in [1.807, 2.05) is 61.1 Å². The molecule has 1 atom stereocenters. The number of nitrogens with one attached hydrogen (secondary N) is 2. The second-order valence-corrected chi connectivity index (χ2v) is 13.1. The van der Waals surface area contributed by atoms with Crippen molar-refractivity contribution in [3.63, 3.8) is 0 Å². The number of likely N-dealkylation sites (tertiary alicyclic amines) is 1. The minimum absolute atomic E-state index is 0.302. The molecule has 1 unspecified atom stereocenters. The highest BCUT2D eigenvalue weighted by atomic mass is 35.5. The summed E-state index contributed by atoms with van der Waals surface area (Å²) in [6.45, 7) is 5.63. The first-order chi connectivity index (χ1) is 23.2. The number of carboxylic acid groups (broad SMARTS) is 1. The molecule has 1 saturated heterocycles. The molecule has 2 aliphatic rings. The number of aliphatic carboxylic acids is 1. The van der Waals surface area contributed by atoms with E-state index in [4.69, 9.17) is 16.6 Å². The van der Waals surface area contributed by atoms with Gasteiger partial charge in [-0.05, 0) is 67.9 Å². The third kappa shape index (κ3) is 6.12. The van der Waals surface area contributed by atoms with E-state index in [0.717, 1.165) is 76.3 Å². The molecule has 7 rings (SSSR count). The third-order valence-corrected chi connectivity index (χ3v) is 9.86. The number of carbonyl (C=O) groups excluding carboxylic acids is 1. The Morgan fingerprint density at radius 3 is 2.62 bits per heavy atom. The van der Waals surface area contributed by atoms with E-state index in [2.05, 4.69) is 43.5 Å². The van der Waals surface area contributed by atoms with E-state index in [9.17, 15) is 14.7 Å². The molecule has 1 fully saturated rings. The lowest BCUT2D eigenvalue weighted by molar-refractivity contribution is -0.141. The largest absolute Gasteiger partial charge is 0.481 e. The second-order valence-electron chi connectivity index (χ2n) is 12.7. The Kier molecular flexibility index (Phi) is 8.59. The number of hydrogen-bond donors (Lipinski definition) is 3. The molecule has 0 bridgehead atoms. The van der Waals surface area contributed by atoms with Crippen LogP contribution in [0.4, 0.5) is 17.2 Å². The Bertz CT molecular complexity index is 2060. The van der Waals surface area contributed by atoms with E-state index < -0.39 is 5.97 Å². The predicted molar refractivity (Wildman–Crippen MR) is 187 cm³/mol. The van der Waals surface area contributed by atoms with Gasteiger partial charge in [-0.2, -0.15) is 0 Å². The molecule has 3 N–H and O–H groups in total. The summed E-state index contributed by atoms with van der Waals surface area (Å²) in [4.78, 5) is 43.1. The SMILES string of the molecule is Cc1c(Nc2nccc3cc(CN4CCC(C(=O)O)C4)cnc23)cccc1-c1cccc(NC(=O)c2nc3c(n2C)CCN(C)C3)c1Cl. The Labute approximate surface area is 283 Å². The Hall–Kier alpha value is -4.84. The maximum Gasteiger partial charge on any atom is 0.307 e. The summed E-state index contributed by atoms with van der Waals surface area (Å²) in [6, 6.07) is 15.6. The smallest absolute Gasteiger partial charge is 0.307 e. The van der Waals surface area contributed by atoms with E-state index in [1.54, 1.807) is 12.3 Å². The first-order valence-corrected chi connectivity index (χ1v) is 16.4. The van der Waals surface area contributed by atoms with Gasteiger partial charge in [-0.25, -0.2) is 9.97 Å². The van der Waals surface area contributed by atoms with E-state index in [0.29, 0.717) is 41.9 Å². The molecule has 246 valence electrons. The van der Waals surface area contributed by atoms with Crippen LogP contribution in [0.5, 0.6) is 0 Å². The number of nitrogens with zero attached hydrogens (tertiary/aromatic N) is 6. The van der Waals surface area contributed by atoms with Crippen molar-refractivity contribution in [2.75, 3.05) is 37.3 Å². The van der Waals surface area contributed by atoms with Crippen molar-refractivity contribution in [3.8, 4) is 11.1 Å². The number of hydrogen-bond acceptors (Lipinski definition) is 8. The number of halogens is 1. The van der Waals surface area contributed by atoms with Crippen LogP contribution in [0.25, 0.3) is 22.0 Å². The molecule has 0 aliphatic carbocycles. The molecule has 1 amide bonds. The van der Waals surface area contributed by atoms with Crippen LogP contribution >= 0.6 is 11.6 Å². The maximum atomic E-state index is 13.4. The summed E-state index contributed by atoms with van der Waals surface area (Å²) >= 11 is 6.97. The summed E-state index contributed by atoms with van der Waals surface area (Å²) in [6.07, 6.45) is 5.11. The molecule has 11 nitrogen and oxygen atoms in total. The molecule has 2 aliphatic heterocycles. The number of likely N-dealkylation sites (N-methyl/N-ethyl adjacent to an activating group) is 1. The van der Waals surface area contributed by atoms with E-state index >= 15 is 0 Å². The molecular formula is C36H37ClN8O3. The van der Waals surface area contributed by atoms with Gasteiger partial charge in [-0.15, -0.1) is 0 Å². The lowest BCUT2D eigenvalue weighted by Crippen LogP contribution is -2.27. The quantitative estimate of drug-likeness (QED) is 0.186. The molecule has 5 aromatic rings. The number of anilines is 3. The third-order valence-electron chi connectivity index (χ3n) is 9.46. The fourth-order valence-corrected chi connectivity index (χ4v) is 7.06. The number of benzene rings is 2. The highest BCUT2D eigenvalue weighted by molar-refractivity contribution is 6.36. The number of aromatic nitrogens is 4. The molecule has 0 radical (unpaired) electrons. The summed E-state index contributed by atoms with van der Waals surface area (Å²) in [5.41, 5.74) is 7.82. The highest BCUT2D eigenvalue weighted by Gasteiger charge is 2.28. The average Bonchev–Trinajstić information content (AvgIpc) is 3.67. The number of carbonyl (C=O) groups is 2. The maximum absolute atomic E-state index is 13.4. The number of carboxylic acids is 1. The molecule has 0 saturated carbocycles. The zero-order valence-electron chi connectivity index (χ0n) is 27.1. The molecule has 2 aromatic carbocycles. The molecule has 5 heterocycles. The van der Waals surface area contributed by atoms with Crippen LogP contribution in [0.2, 0.25) is 5.02 Å². The van der Waals surface area contributed by atoms with Gasteiger partial charge in [-0.1, -0.05) is 35.9 Å². The van der Waals surface area contributed by atoms with Crippen LogP contribution < -0.4 is 10.6 Å². The van der Waals surface area contributed by atoms with Crippen molar-refractivity contribution in [1.29, 1.82) is 0 Å². The highest BCUT2D eigenvalue weighted by Crippen LogP contribution is 2.38. The second kappa shape index (κ2) is 13.0. The predicted octanol–water partition coefficient (Wildman–Crippen LogP) is 5.88. The number of pyridine rings is 2. The van der Waals surface area contributed by atoms with Crippen LogP contribution in [0, 0.1) is 12.8 Å². The molecule has 3 aromatic heterocycles. The number of fused-ring (bicyclic) bond motifs is 2. The standard InChI is InChI=1S/C36H37ClN8O3/c1-21-25(26-7-5-9-28(31(26)37)42-35(46)34-41-29-20-43(2)14-12-30(29)44(34)3)6-4-8-27(21)40-33-32-23(10-13-38-33)16-22(17-39-32)18-45-15-11-24(19-45)36(47)48/h4-10,13,16-17,24H,11-12,14-15,18-20H2,1-3H3,(H,38,40)(H,42,46)(H,47,48). The fourth-order valence-electron chi connectivity index (χ4n) is 6.79. The van der Waals surface area contributed by atoms with Gasteiger partial charge in [0.1, 0.15) is 5.52 Å². The van der Waals surface area contributed by atoms with Gasteiger partial charge in [0.15, 0.2) is 11.6 Å². The van der Waals surface area contributed by atoms with Crippen LogP contribution in [0.1, 0.15) is 39.6 Å². The van der Waals surface area contributed by atoms with Crippen molar-refractivity contribution < 1.29 is 14.7 Å². The molecule has 0 spiro atoms. The van der Waals surface area contributed by atoms with Crippen molar-refractivity contribution in [1.82, 2.24) is 29.3 Å². The minimum atomic E-state index is -0.733. The van der Waals surface area contributed by atoms with Crippen LogP contribution in [0.3, 0.4) is 0 Å². The topological polar surface area (TPSA) is 129 Å². The van der Waals surface area contributed by atoms with Gasteiger partial charge in [0, 0.05) is 74.4 Å². The van der Waals surface area contributed by atoms with Crippen LogP contribution in [0.15, 0.2) is 60.9 Å². The van der Waals surface area contributed by atoms with Crippen molar-refractivity contribution >= 4 is 51.6 Å². The van der Waals surface area contributed by atoms with Gasteiger partial charge in [0.05, 0.1) is 22.3 Å². The molecular weight excluding hydrogens is 628 g/mol. The normalized spacial score (nSPS) is 16.6. The van der Waals surface area contributed by atoms with Crippen molar-refractivity contribution in [3.05, 3.63) is 94.3 Å². The Morgan fingerprint density at radius 2 is 1.83 bits per heavy atom. The first kappa shape index (κ1) is 31.7. The van der Waals surface area contributed by atoms with Crippen LogP contribution in [-0.2, 0) is 31.4 Å². The van der Waals surface area contributed by atoms with E-state index in [1.165, 1.54) is 0 Å². The summed E-state index contributed by atoms with van der Waals surface area (Å²) < 4.78 is 1.88. The fraction of sp³-hybridized carbons (Fsp3) is 0.306. The van der Waals surface area contributed by atoms with Crippen LogP contribution in [-0.4, -0.2) is 73.0 Å². The minimum Gasteiger partial charge on any atom is -0.481 e. The summed E-state index contributed by atoms with van der Waals surface area (Å²) in [5, 5.41) is 17.2. The summed E-state index contributed by atoms with van der Waals surface area (Å²) in [5.74, 6) is -0.354. The van der Waals surface area contributed by atoms with Gasteiger partial charge in [0.2, 0.25) is 0 Å². The molecule has 12 heteroatoms. The number of amides is 1. The Morgan fingerprint density at radius 1 is 1.04 bits per heavy atom. The van der Waals surface area contributed by atoms with E-state index in [-0.39, 0.29) is 11.8 Å². The van der Waals surface area contributed by atoms with Gasteiger partial charge in [0.25, 0.3) is 5.91 Å². The van der Waals surface area contributed by atoms with Crippen molar-refractivity contribution in [2.45, 2.75) is 32.9 Å². The van der Waals surface area contributed by atoms with Gasteiger partial charge < -0.3 is 25.2 Å². The van der Waals surface area contributed by atoms with Gasteiger partial charge in [-0.3, -0.25) is 19.5 Å². The lowest BCUT2D eigenvalue weighted by Gasteiger charge is -2.21. The first-order valence-electron chi connectivity index (χ1n) is 16.0. The lowest BCUT2D eigenvalue weighted by atomic mass is 9.98.